The van der Waals surface area contributed by atoms with Crippen LogP contribution in [0.4, 0.5) is 5.82 Å². The van der Waals surface area contributed by atoms with Crippen LogP contribution >= 0.6 is 0 Å². The summed E-state index contributed by atoms with van der Waals surface area (Å²) in [5, 5.41) is 9.50. The molecule has 2 saturated heterocycles. The predicted octanol–water partition coefficient (Wildman–Crippen LogP) is 3.79. The van der Waals surface area contributed by atoms with Gasteiger partial charge in [-0.25, -0.2) is 0 Å². The maximum absolute atomic E-state index is 12.5. The highest BCUT2D eigenvalue weighted by molar-refractivity contribution is 5.87. The molecule has 1 aliphatic carbocycles. The quantitative estimate of drug-likeness (QED) is 0.509. The van der Waals surface area contributed by atoms with Crippen LogP contribution in [0.1, 0.15) is 61.6 Å². The molecule has 40 heavy (non-hydrogen) atoms. The number of piperazine rings is 1. The first-order chi connectivity index (χ1) is 19.4. The van der Waals surface area contributed by atoms with Crippen molar-refractivity contribution < 1.29 is 14.3 Å². The van der Waals surface area contributed by atoms with Crippen LogP contribution in [0.2, 0.25) is 0 Å². The fourth-order valence-corrected chi connectivity index (χ4v) is 7.11. The molecule has 0 unspecified atom stereocenters. The Morgan fingerprint density at radius 1 is 1.27 bits per heavy atom. The second-order valence-corrected chi connectivity index (χ2v) is 11.7. The van der Waals surface area contributed by atoms with E-state index < -0.39 is 5.60 Å². The van der Waals surface area contributed by atoms with E-state index in [0.717, 1.165) is 50.0 Å². The van der Waals surface area contributed by atoms with Crippen molar-refractivity contribution in [1.29, 1.82) is 5.26 Å². The van der Waals surface area contributed by atoms with Gasteiger partial charge >= 0.3 is 6.01 Å². The molecule has 6 rings (SSSR count). The zero-order chi connectivity index (χ0) is 27.9. The van der Waals surface area contributed by atoms with E-state index in [4.69, 9.17) is 19.4 Å². The standard InChI is InChI=1S/C31H38N6O3/c1-4-27(38)37-17-16-36(19-22(37)12-14-32)28-25-11-13-31(18-21(2)24-9-5-6-10-26(24)31)40-29(25)34-30(33-28)39-20-23-8-7-15-35(23)3/h4-6,9-10,21-23H,1,7-8,11-13,15-20H2,2-3H3/t21-,22-,23-,31+/m0/s1. The molecule has 4 aliphatic rings. The molecule has 2 aromatic rings. The summed E-state index contributed by atoms with van der Waals surface area (Å²) in [6.07, 6.45) is 6.38. The smallest absolute Gasteiger partial charge is 0.321 e. The van der Waals surface area contributed by atoms with Crippen LogP contribution in [-0.2, 0) is 16.8 Å². The van der Waals surface area contributed by atoms with E-state index in [0.29, 0.717) is 50.1 Å². The molecular weight excluding hydrogens is 504 g/mol. The molecule has 3 aliphatic heterocycles. The molecule has 2 fully saturated rings. The SMILES string of the molecule is C=CC(=O)N1CCN(c2nc(OC[C@@H]3CCCN3C)nc3c2CC[C@]2(C[C@H](C)c4ccccc42)O3)C[C@@H]1CC#N. The molecule has 0 N–H and O–H groups in total. The summed E-state index contributed by atoms with van der Waals surface area (Å²) in [5.74, 6) is 1.66. The van der Waals surface area contributed by atoms with Crippen LogP contribution in [0.15, 0.2) is 36.9 Å². The third-order valence-corrected chi connectivity index (χ3v) is 9.26. The number of aromatic nitrogens is 2. The molecule has 0 saturated carbocycles. The van der Waals surface area contributed by atoms with E-state index in [1.807, 2.05) is 0 Å². The number of likely N-dealkylation sites (tertiary alicyclic amines) is 1. The van der Waals surface area contributed by atoms with E-state index in [9.17, 15) is 10.1 Å². The van der Waals surface area contributed by atoms with E-state index >= 15 is 0 Å². The second kappa shape index (κ2) is 10.7. The van der Waals surface area contributed by atoms with E-state index in [1.54, 1.807) is 4.90 Å². The van der Waals surface area contributed by atoms with Crippen molar-refractivity contribution >= 4 is 11.7 Å². The van der Waals surface area contributed by atoms with Gasteiger partial charge in [0.2, 0.25) is 11.8 Å². The van der Waals surface area contributed by atoms with Gasteiger partial charge in [-0.2, -0.15) is 15.2 Å². The highest BCUT2D eigenvalue weighted by Crippen LogP contribution is 2.52. The average Bonchev–Trinajstić information content (AvgIpc) is 3.50. The largest absolute Gasteiger partial charge is 0.466 e. The molecule has 1 aromatic heterocycles. The Morgan fingerprint density at radius 3 is 2.90 bits per heavy atom. The number of hydrogen-bond acceptors (Lipinski definition) is 8. The number of benzene rings is 1. The third kappa shape index (κ3) is 4.68. The normalized spacial score (nSPS) is 27.6. The Kier molecular flexibility index (Phi) is 7.13. The van der Waals surface area contributed by atoms with Crippen molar-refractivity contribution in [3.8, 4) is 18.0 Å². The maximum atomic E-state index is 12.5. The van der Waals surface area contributed by atoms with Gasteiger partial charge in [-0.05, 0) is 68.8 Å². The Balaban J connectivity index is 1.34. The van der Waals surface area contributed by atoms with Gasteiger partial charge in [-0.1, -0.05) is 37.8 Å². The maximum Gasteiger partial charge on any atom is 0.321 e. The van der Waals surface area contributed by atoms with Crippen LogP contribution < -0.4 is 14.4 Å². The van der Waals surface area contributed by atoms with Crippen LogP contribution in [-0.4, -0.2) is 77.6 Å². The van der Waals surface area contributed by atoms with Crippen molar-refractivity contribution in [2.45, 2.75) is 69.1 Å². The minimum absolute atomic E-state index is 0.145. The number of hydrogen-bond donors (Lipinski definition) is 0. The first kappa shape index (κ1) is 26.6. The van der Waals surface area contributed by atoms with E-state index in [2.05, 4.69) is 60.7 Å². The van der Waals surface area contributed by atoms with Gasteiger partial charge in [-0.15, -0.1) is 0 Å². The Hall–Kier alpha value is -3.64. The van der Waals surface area contributed by atoms with Crippen LogP contribution in [0, 0.1) is 11.3 Å². The monoisotopic (exact) mass is 542 g/mol. The van der Waals surface area contributed by atoms with Gasteiger partial charge < -0.3 is 24.2 Å². The third-order valence-electron chi connectivity index (χ3n) is 9.26. The molecule has 9 heteroatoms. The molecule has 0 bridgehead atoms. The Morgan fingerprint density at radius 2 is 2.12 bits per heavy atom. The second-order valence-electron chi connectivity index (χ2n) is 11.7. The number of nitrogens with zero attached hydrogens (tertiary/aromatic N) is 6. The van der Waals surface area contributed by atoms with Gasteiger partial charge in [0.15, 0.2) is 0 Å². The fourth-order valence-electron chi connectivity index (χ4n) is 7.11. The average molecular weight is 543 g/mol. The lowest BCUT2D eigenvalue weighted by molar-refractivity contribution is -0.128. The van der Waals surface area contributed by atoms with E-state index in [1.165, 1.54) is 17.2 Å². The summed E-state index contributed by atoms with van der Waals surface area (Å²) in [7, 11) is 2.13. The number of nitriles is 1. The lowest BCUT2D eigenvalue weighted by atomic mass is 9.86. The first-order valence-electron chi connectivity index (χ1n) is 14.5. The van der Waals surface area contributed by atoms with Gasteiger partial charge in [0.1, 0.15) is 18.0 Å². The number of carbonyl (C=O) groups excluding carboxylic acids is 1. The molecular formula is C31H38N6O3. The summed E-state index contributed by atoms with van der Waals surface area (Å²) in [6.45, 7) is 9.11. The Labute approximate surface area is 236 Å². The van der Waals surface area contributed by atoms with Crippen molar-refractivity contribution in [3.63, 3.8) is 0 Å². The molecule has 4 heterocycles. The number of amides is 1. The molecule has 1 amide bonds. The van der Waals surface area contributed by atoms with Crippen molar-refractivity contribution in [3.05, 3.63) is 53.6 Å². The minimum Gasteiger partial charge on any atom is -0.466 e. The lowest BCUT2D eigenvalue weighted by Crippen LogP contribution is -2.55. The summed E-state index contributed by atoms with van der Waals surface area (Å²) in [4.78, 5) is 28.5. The van der Waals surface area contributed by atoms with Gasteiger partial charge in [-0.3, -0.25) is 4.79 Å². The number of likely N-dealkylation sites (N-methyl/N-ethyl adjacent to an activating group) is 1. The highest BCUT2D eigenvalue weighted by atomic mass is 16.5. The molecule has 0 radical (unpaired) electrons. The number of anilines is 1. The predicted molar refractivity (Wildman–Crippen MR) is 151 cm³/mol. The number of fused-ring (bicyclic) bond motifs is 3. The number of rotatable bonds is 6. The van der Waals surface area contributed by atoms with Crippen LogP contribution in [0.25, 0.3) is 0 Å². The first-order valence-corrected chi connectivity index (χ1v) is 14.5. The lowest BCUT2D eigenvalue weighted by Gasteiger charge is -2.42. The highest BCUT2D eigenvalue weighted by Gasteiger charge is 2.48. The van der Waals surface area contributed by atoms with Crippen LogP contribution in [0.5, 0.6) is 11.9 Å². The molecule has 210 valence electrons. The topological polar surface area (TPSA) is 94.8 Å². The number of ether oxygens (including phenoxy) is 2. The molecule has 1 aromatic carbocycles. The van der Waals surface area contributed by atoms with Crippen molar-refractivity contribution in [2.75, 3.05) is 44.7 Å². The summed E-state index contributed by atoms with van der Waals surface area (Å²) < 4.78 is 13.1. The summed E-state index contributed by atoms with van der Waals surface area (Å²) >= 11 is 0. The van der Waals surface area contributed by atoms with Crippen molar-refractivity contribution in [2.24, 2.45) is 0 Å². The molecule has 1 spiro atoms. The van der Waals surface area contributed by atoms with Gasteiger partial charge in [0, 0.05) is 25.7 Å². The van der Waals surface area contributed by atoms with Gasteiger partial charge in [0.05, 0.1) is 24.1 Å². The zero-order valence-electron chi connectivity index (χ0n) is 23.5. The summed E-state index contributed by atoms with van der Waals surface area (Å²) in [5.41, 5.74) is 3.18. The van der Waals surface area contributed by atoms with Crippen molar-refractivity contribution in [1.82, 2.24) is 19.8 Å². The minimum atomic E-state index is -0.407. The molecule has 4 atom stereocenters. The summed E-state index contributed by atoms with van der Waals surface area (Å²) in [6, 6.07) is 11.3. The Bertz CT molecular complexity index is 1340. The molecule has 9 nitrogen and oxygen atoms in total. The zero-order valence-corrected chi connectivity index (χ0v) is 23.5. The van der Waals surface area contributed by atoms with Gasteiger partial charge in [0.25, 0.3) is 0 Å². The van der Waals surface area contributed by atoms with E-state index in [-0.39, 0.29) is 18.4 Å². The fraction of sp³-hybridized carbons (Fsp3) is 0.548. The van der Waals surface area contributed by atoms with Crippen LogP contribution in [0.3, 0.4) is 0 Å². The number of carbonyl (C=O) groups is 1.